The molecule has 0 saturated carbocycles. The fourth-order valence-electron chi connectivity index (χ4n) is 2.34. The summed E-state index contributed by atoms with van der Waals surface area (Å²) in [5.41, 5.74) is 5.94. The Morgan fingerprint density at radius 1 is 1.04 bits per heavy atom. The van der Waals surface area contributed by atoms with Gasteiger partial charge in [0.1, 0.15) is 18.0 Å². The molecule has 0 bridgehead atoms. The Hall–Kier alpha value is -4.23. The van der Waals surface area contributed by atoms with Crippen molar-refractivity contribution >= 4 is 22.9 Å². The molecule has 2 aromatic carbocycles. The zero-order valence-corrected chi connectivity index (χ0v) is 14.5. The molecule has 0 fully saturated rings. The number of benzene rings is 2. The van der Waals surface area contributed by atoms with Gasteiger partial charge in [0.2, 0.25) is 5.71 Å². The second-order valence-electron chi connectivity index (χ2n) is 5.58. The first kappa shape index (κ1) is 17.6. The maximum atomic E-state index is 8.74. The van der Waals surface area contributed by atoms with Crippen molar-refractivity contribution in [1.29, 1.82) is 10.5 Å². The van der Waals surface area contributed by atoms with E-state index in [4.69, 9.17) is 10.5 Å². The van der Waals surface area contributed by atoms with Crippen LogP contribution in [-0.2, 0) is 0 Å². The van der Waals surface area contributed by atoms with Gasteiger partial charge in [0, 0.05) is 17.4 Å². The third-order valence-corrected chi connectivity index (χ3v) is 3.69. The number of anilines is 3. The first-order valence-electron chi connectivity index (χ1n) is 8.09. The minimum Gasteiger partial charge on any atom is -0.340 e. The summed E-state index contributed by atoms with van der Waals surface area (Å²) in [5, 5.41) is 24.5. The molecule has 0 radical (unpaired) electrons. The number of hydrogen-bond donors (Lipinski definition) is 2. The molecule has 0 unspecified atom stereocenters. The summed E-state index contributed by atoms with van der Waals surface area (Å²) in [6.07, 6.45) is 1.69. The van der Waals surface area contributed by atoms with Crippen LogP contribution in [0.1, 0.15) is 5.56 Å². The molecule has 3 rings (SSSR count). The van der Waals surface area contributed by atoms with Gasteiger partial charge in [-0.15, -0.1) is 0 Å². The van der Waals surface area contributed by atoms with Crippen molar-refractivity contribution in [2.24, 2.45) is 5.10 Å². The molecule has 0 aliphatic carbocycles. The van der Waals surface area contributed by atoms with E-state index in [0.717, 1.165) is 16.8 Å². The number of nitrogens with one attached hydrogen (secondary N) is 2. The number of hydrogen-bond acceptors (Lipinski definition) is 7. The van der Waals surface area contributed by atoms with Crippen LogP contribution in [0.4, 0.5) is 17.2 Å². The van der Waals surface area contributed by atoms with Crippen molar-refractivity contribution in [3.63, 3.8) is 0 Å². The molecule has 0 amide bonds. The van der Waals surface area contributed by atoms with Crippen LogP contribution in [0.15, 0.2) is 65.9 Å². The Labute approximate surface area is 156 Å². The monoisotopic (exact) mass is 353 g/mol. The van der Waals surface area contributed by atoms with Gasteiger partial charge >= 0.3 is 0 Å². The normalized spacial score (nSPS) is 9.59. The molecule has 7 heteroatoms. The molecular weight excluding hydrogens is 338 g/mol. The summed E-state index contributed by atoms with van der Waals surface area (Å²) in [6.45, 7) is 2.02. The van der Waals surface area contributed by atoms with Gasteiger partial charge in [0.05, 0.1) is 5.69 Å². The molecule has 0 saturated heterocycles. The molecule has 0 spiro atoms. The first-order chi connectivity index (χ1) is 13.2. The lowest BCUT2D eigenvalue weighted by molar-refractivity contribution is 1.17. The van der Waals surface area contributed by atoms with Crippen molar-refractivity contribution in [3.05, 3.63) is 66.4 Å². The Morgan fingerprint density at radius 3 is 2.63 bits per heavy atom. The quantitative estimate of drug-likeness (QED) is 0.530. The van der Waals surface area contributed by atoms with Crippen molar-refractivity contribution < 1.29 is 0 Å². The average Bonchev–Trinajstić information content (AvgIpc) is 2.71. The van der Waals surface area contributed by atoms with Crippen LogP contribution in [0.25, 0.3) is 11.4 Å². The zero-order chi connectivity index (χ0) is 19.1. The fourth-order valence-corrected chi connectivity index (χ4v) is 2.34. The summed E-state index contributed by atoms with van der Waals surface area (Å²) in [4.78, 5) is 8.88. The lowest BCUT2D eigenvalue weighted by Crippen LogP contribution is -1.99. The highest BCUT2D eigenvalue weighted by Crippen LogP contribution is 2.23. The summed E-state index contributed by atoms with van der Waals surface area (Å²) in [5.74, 6) is 1.23. The standard InChI is InChI=1S/C20H15N7/c1-14-5-2-3-8-18(14)24-19-9-10-23-20(25-19)15-6-4-7-16(11-15)26-27-17(12-21)13-22/h2-11,26H,1H3,(H,23,24,25). The number of nitrogens with zero attached hydrogens (tertiary/aromatic N) is 5. The maximum absolute atomic E-state index is 8.74. The Balaban J connectivity index is 1.84. The minimum atomic E-state index is -0.249. The van der Waals surface area contributed by atoms with Crippen LogP contribution in [0, 0.1) is 29.6 Å². The molecule has 7 nitrogen and oxygen atoms in total. The molecule has 3 aromatic rings. The number of hydrazone groups is 1. The van der Waals surface area contributed by atoms with Crippen molar-refractivity contribution in [3.8, 4) is 23.5 Å². The highest BCUT2D eigenvalue weighted by molar-refractivity contribution is 6.10. The van der Waals surface area contributed by atoms with Crippen molar-refractivity contribution in [2.75, 3.05) is 10.7 Å². The summed E-state index contributed by atoms with van der Waals surface area (Å²) in [6, 6.07) is 20.4. The van der Waals surface area contributed by atoms with Gasteiger partial charge in [0.15, 0.2) is 5.82 Å². The largest absolute Gasteiger partial charge is 0.340 e. The van der Waals surface area contributed by atoms with Crippen molar-refractivity contribution in [2.45, 2.75) is 6.92 Å². The number of aryl methyl sites for hydroxylation is 1. The van der Waals surface area contributed by atoms with Crippen LogP contribution in [0.5, 0.6) is 0 Å². The van der Waals surface area contributed by atoms with Gasteiger partial charge in [-0.3, -0.25) is 5.43 Å². The lowest BCUT2D eigenvalue weighted by Gasteiger charge is -2.10. The zero-order valence-electron chi connectivity index (χ0n) is 14.5. The highest BCUT2D eigenvalue weighted by atomic mass is 15.3. The van der Waals surface area contributed by atoms with Crippen molar-refractivity contribution in [1.82, 2.24) is 9.97 Å². The Morgan fingerprint density at radius 2 is 1.85 bits per heavy atom. The molecule has 0 atom stereocenters. The van der Waals surface area contributed by atoms with E-state index in [9.17, 15) is 0 Å². The van der Waals surface area contributed by atoms with Gasteiger partial charge < -0.3 is 5.32 Å². The van der Waals surface area contributed by atoms with Gasteiger partial charge in [-0.05, 0) is 36.8 Å². The van der Waals surface area contributed by atoms with E-state index in [-0.39, 0.29) is 5.71 Å². The second-order valence-corrected chi connectivity index (χ2v) is 5.58. The van der Waals surface area contributed by atoms with E-state index in [1.54, 1.807) is 36.5 Å². The molecule has 27 heavy (non-hydrogen) atoms. The van der Waals surface area contributed by atoms with E-state index in [1.807, 2.05) is 43.3 Å². The number of rotatable bonds is 5. The average molecular weight is 353 g/mol. The van der Waals surface area contributed by atoms with E-state index in [1.165, 1.54) is 0 Å². The predicted molar refractivity (Wildman–Crippen MR) is 104 cm³/mol. The third-order valence-electron chi connectivity index (χ3n) is 3.69. The topological polar surface area (TPSA) is 110 Å². The Bertz CT molecular complexity index is 1060. The first-order valence-corrected chi connectivity index (χ1v) is 8.09. The second kappa shape index (κ2) is 8.24. The van der Waals surface area contributed by atoms with Gasteiger partial charge in [-0.1, -0.05) is 30.3 Å². The van der Waals surface area contributed by atoms with Crippen LogP contribution in [-0.4, -0.2) is 15.7 Å². The summed E-state index contributed by atoms with van der Waals surface area (Å²) >= 11 is 0. The molecule has 1 heterocycles. The molecule has 2 N–H and O–H groups in total. The van der Waals surface area contributed by atoms with E-state index >= 15 is 0 Å². The fraction of sp³-hybridized carbons (Fsp3) is 0.0500. The van der Waals surface area contributed by atoms with Crippen LogP contribution in [0.2, 0.25) is 0 Å². The Kier molecular flexibility index (Phi) is 5.36. The molecule has 0 aliphatic heterocycles. The minimum absolute atomic E-state index is 0.249. The smallest absolute Gasteiger partial charge is 0.237 e. The molecular formula is C20H15N7. The lowest BCUT2D eigenvalue weighted by atomic mass is 10.2. The van der Waals surface area contributed by atoms with Crippen LogP contribution < -0.4 is 10.7 Å². The van der Waals surface area contributed by atoms with E-state index in [0.29, 0.717) is 17.3 Å². The SMILES string of the molecule is Cc1ccccc1Nc1ccnc(-c2cccc(NN=C(C#N)C#N)c2)n1. The third kappa shape index (κ3) is 4.44. The van der Waals surface area contributed by atoms with Gasteiger partial charge in [0.25, 0.3) is 0 Å². The van der Waals surface area contributed by atoms with Gasteiger partial charge in [-0.2, -0.15) is 15.6 Å². The molecule has 0 aliphatic rings. The van der Waals surface area contributed by atoms with E-state index < -0.39 is 0 Å². The molecule has 1 aromatic heterocycles. The van der Waals surface area contributed by atoms with Crippen LogP contribution in [0.3, 0.4) is 0 Å². The maximum Gasteiger partial charge on any atom is 0.237 e. The predicted octanol–water partition coefficient (Wildman–Crippen LogP) is 4.01. The summed E-state index contributed by atoms with van der Waals surface area (Å²) in [7, 11) is 0. The number of aromatic nitrogens is 2. The summed E-state index contributed by atoms with van der Waals surface area (Å²) < 4.78 is 0. The van der Waals surface area contributed by atoms with E-state index in [2.05, 4.69) is 25.8 Å². The molecule has 130 valence electrons. The van der Waals surface area contributed by atoms with Crippen LogP contribution >= 0.6 is 0 Å². The number of para-hydroxylation sites is 1. The number of nitriles is 2. The van der Waals surface area contributed by atoms with Gasteiger partial charge in [-0.25, -0.2) is 9.97 Å². The highest BCUT2D eigenvalue weighted by Gasteiger charge is 2.05.